The summed E-state index contributed by atoms with van der Waals surface area (Å²) in [7, 11) is 0. The molecule has 1 aromatic carbocycles. The van der Waals surface area contributed by atoms with E-state index in [1.807, 2.05) is 12.1 Å². The van der Waals surface area contributed by atoms with E-state index >= 15 is 0 Å². The second-order valence-electron chi connectivity index (χ2n) is 8.23. The van der Waals surface area contributed by atoms with E-state index < -0.39 is 11.8 Å². The van der Waals surface area contributed by atoms with Crippen molar-refractivity contribution in [3.05, 3.63) is 23.8 Å². The lowest BCUT2D eigenvalue weighted by molar-refractivity contribution is -0.139. The molecule has 1 aliphatic carbocycles. The van der Waals surface area contributed by atoms with Gasteiger partial charge in [-0.2, -0.15) is 0 Å². The van der Waals surface area contributed by atoms with Gasteiger partial charge in [-0.15, -0.1) is 0 Å². The molecule has 1 heterocycles. The van der Waals surface area contributed by atoms with Gasteiger partial charge in [0.1, 0.15) is 0 Å². The van der Waals surface area contributed by atoms with Crippen molar-refractivity contribution in [1.82, 2.24) is 10.6 Å². The van der Waals surface area contributed by atoms with Crippen LogP contribution in [0.4, 0.5) is 0 Å². The highest BCUT2D eigenvalue weighted by Gasteiger charge is 2.32. The van der Waals surface area contributed by atoms with Crippen LogP contribution in [-0.4, -0.2) is 24.6 Å². The number of hydrogen-bond donors (Lipinski definition) is 2. The third kappa shape index (κ3) is 4.73. The van der Waals surface area contributed by atoms with Crippen LogP contribution in [0.2, 0.25) is 0 Å². The van der Waals surface area contributed by atoms with E-state index in [1.54, 1.807) is 6.07 Å². The number of carbonyl (C=O) groups excluding carboxylic acids is 2. The number of nitrogens with one attached hydrogen (secondary N) is 2. The zero-order valence-electron chi connectivity index (χ0n) is 16.5. The number of ether oxygens (including phenoxy) is 2. The Morgan fingerprint density at radius 1 is 1.07 bits per heavy atom. The summed E-state index contributed by atoms with van der Waals surface area (Å²) in [6.45, 7) is 7.37. The van der Waals surface area contributed by atoms with Gasteiger partial charge in [0.05, 0.1) is 0 Å². The highest BCUT2D eigenvalue weighted by molar-refractivity contribution is 6.35. The molecule has 6 heteroatoms. The average molecular weight is 374 g/mol. The van der Waals surface area contributed by atoms with Gasteiger partial charge < -0.3 is 20.1 Å². The Labute approximate surface area is 161 Å². The molecule has 2 aliphatic rings. The maximum Gasteiger partial charge on any atom is 0.309 e. The first kappa shape index (κ1) is 19.5. The smallest absolute Gasteiger partial charge is 0.309 e. The lowest BCUT2D eigenvalue weighted by Gasteiger charge is -2.39. The van der Waals surface area contributed by atoms with Crippen LogP contribution in [0, 0.1) is 11.3 Å². The molecule has 1 saturated carbocycles. The molecule has 27 heavy (non-hydrogen) atoms. The zero-order valence-corrected chi connectivity index (χ0v) is 16.5. The Bertz CT molecular complexity index is 693. The van der Waals surface area contributed by atoms with E-state index in [1.165, 1.54) is 0 Å². The summed E-state index contributed by atoms with van der Waals surface area (Å²) in [5, 5.41) is 5.57. The molecular weight excluding hydrogens is 344 g/mol. The molecule has 0 bridgehead atoms. The molecule has 1 aliphatic heterocycles. The molecular formula is C21H30N2O4. The van der Waals surface area contributed by atoms with Crippen molar-refractivity contribution in [2.24, 2.45) is 11.3 Å². The van der Waals surface area contributed by atoms with E-state index in [-0.39, 0.29) is 19.4 Å². The van der Waals surface area contributed by atoms with Crippen molar-refractivity contribution in [1.29, 1.82) is 0 Å². The number of rotatable bonds is 5. The van der Waals surface area contributed by atoms with Crippen LogP contribution >= 0.6 is 0 Å². The summed E-state index contributed by atoms with van der Waals surface area (Å²) in [6, 6.07) is 5.57. The predicted octanol–water partition coefficient (Wildman–Crippen LogP) is 3.14. The SMILES string of the molecule is CCC(C)(C)C1CCC(NC(=O)C(=O)NCc2ccc3c(c2)OCO3)CC1. The van der Waals surface area contributed by atoms with Gasteiger partial charge in [0.2, 0.25) is 6.79 Å². The van der Waals surface area contributed by atoms with E-state index in [4.69, 9.17) is 9.47 Å². The molecule has 0 aromatic heterocycles. The number of carbonyl (C=O) groups is 2. The van der Waals surface area contributed by atoms with Crippen molar-refractivity contribution in [2.45, 2.75) is 65.5 Å². The highest BCUT2D eigenvalue weighted by Crippen LogP contribution is 2.40. The fourth-order valence-electron chi connectivity index (χ4n) is 3.87. The Balaban J connectivity index is 1.43. The molecule has 0 spiro atoms. The van der Waals surface area contributed by atoms with Crippen LogP contribution in [-0.2, 0) is 16.1 Å². The Morgan fingerprint density at radius 3 is 2.48 bits per heavy atom. The molecule has 0 unspecified atom stereocenters. The van der Waals surface area contributed by atoms with E-state index in [9.17, 15) is 9.59 Å². The van der Waals surface area contributed by atoms with Crippen LogP contribution in [0.3, 0.4) is 0 Å². The second-order valence-corrected chi connectivity index (χ2v) is 8.23. The van der Waals surface area contributed by atoms with Crippen LogP contribution < -0.4 is 20.1 Å². The summed E-state index contributed by atoms with van der Waals surface area (Å²) in [5.74, 6) is 0.913. The predicted molar refractivity (Wildman–Crippen MR) is 102 cm³/mol. The molecule has 0 radical (unpaired) electrons. The van der Waals surface area contributed by atoms with Crippen LogP contribution in [0.5, 0.6) is 11.5 Å². The standard InChI is InChI=1S/C21H30N2O4/c1-4-21(2,3)15-6-8-16(9-7-15)23-20(25)19(24)22-12-14-5-10-17-18(11-14)27-13-26-17/h5,10-11,15-16H,4,6-9,12-13H2,1-3H3,(H,22,24)(H,23,25). The lowest BCUT2D eigenvalue weighted by atomic mass is 9.69. The summed E-state index contributed by atoms with van der Waals surface area (Å²) in [5.41, 5.74) is 1.21. The van der Waals surface area contributed by atoms with Crippen molar-refractivity contribution in [3.63, 3.8) is 0 Å². The lowest BCUT2D eigenvalue weighted by Crippen LogP contribution is -2.46. The molecule has 1 fully saturated rings. The maximum absolute atomic E-state index is 12.2. The molecule has 3 rings (SSSR count). The van der Waals surface area contributed by atoms with Gasteiger partial charge in [0.25, 0.3) is 0 Å². The third-order valence-corrected chi connectivity index (χ3v) is 6.18. The van der Waals surface area contributed by atoms with Gasteiger partial charge >= 0.3 is 11.8 Å². The summed E-state index contributed by atoms with van der Waals surface area (Å²) >= 11 is 0. The average Bonchev–Trinajstić information content (AvgIpc) is 3.14. The second kappa shape index (κ2) is 8.19. The topological polar surface area (TPSA) is 76.7 Å². The van der Waals surface area contributed by atoms with E-state index in [2.05, 4.69) is 31.4 Å². The number of amides is 2. The van der Waals surface area contributed by atoms with Crippen LogP contribution in [0.1, 0.15) is 58.4 Å². The van der Waals surface area contributed by atoms with Gasteiger partial charge in [-0.25, -0.2) is 0 Å². The van der Waals surface area contributed by atoms with Crippen molar-refractivity contribution in [3.8, 4) is 11.5 Å². The van der Waals surface area contributed by atoms with Gasteiger partial charge in [0, 0.05) is 12.6 Å². The van der Waals surface area contributed by atoms with Gasteiger partial charge in [-0.05, 0) is 54.7 Å². The molecule has 0 saturated heterocycles. The molecule has 2 N–H and O–H groups in total. The normalized spacial score (nSPS) is 21.6. The maximum atomic E-state index is 12.2. The number of hydrogen-bond acceptors (Lipinski definition) is 4. The fraction of sp³-hybridized carbons (Fsp3) is 0.619. The minimum atomic E-state index is -0.594. The molecule has 2 amide bonds. The number of fused-ring (bicyclic) bond motifs is 1. The minimum absolute atomic E-state index is 0.0951. The Hall–Kier alpha value is -2.24. The Morgan fingerprint density at radius 2 is 1.78 bits per heavy atom. The number of benzene rings is 1. The fourth-order valence-corrected chi connectivity index (χ4v) is 3.87. The zero-order chi connectivity index (χ0) is 19.4. The van der Waals surface area contributed by atoms with Crippen molar-refractivity contribution >= 4 is 11.8 Å². The molecule has 1 aromatic rings. The largest absolute Gasteiger partial charge is 0.454 e. The van der Waals surface area contributed by atoms with Gasteiger partial charge in [0.15, 0.2) is 11.5 Å². The Kier molecular flexibility index (Phi) is 5.92. The first-order valence-electron chi connectivity index (χ1n) is 9.86. The minimum Gasteiger partial charge on any atom is -0.454 e. The van der Waals surface area contributed by atoms with Crippen molar-refractivity contribution < 1.29 is 19.1 Å². The summed E-state index contributed by atoms with van der Waals surface area (Å²) < 4.78 is 10.6. The van der Waals surface area contributed by atoms with Crippen LogP contribution in [0.25, 0.3) is 0 Å². The summed E-state index contributed by atoms with van der Waals surface area (Å²) in [6.07, 6.45) is 5.25. The molecule has 0 atom stereocenters. The van der Waals surface area contributed by atoms with Gasteiger partial charge in [-0.1, -0.05) is 33.3 Å². The monoisotopic (exact) mass is 374 g/mol. The highest BCUT2D eigenvalue weighted by atomic mass is 16.7. The summed E-state index contributed by atoms with van der Waals surface area (Å²) in [4.78, 5) is 24.3. The van der Waals surface area contributed by atoms with Crippen LogP contribution in [0.15, 0.2) is 18.2 Å². The van der Waals surface area contributed by atoms with E-state index in [0.29, 0.717) is 22.8 Å². The quantitative estimate of drug-likeness (QED) is 0.777. The van der Waals surface area contributed by atoms with Crippen molar-refractivity contribution in [2.75, 3.05) is 6.79 Å². The van der Waals surface area contributed by atoms with Gasteiger partial charge in [-0.3, -0.25) is 9.59 Å². The molecule has 148 valence electrons. The first-order chi connectivity index (χ1) is 12.9. The van der Waals surface area contributed by atoms with E-state index in [0.717, 1.165) is 37.7 Å². The first-order valence-corrected chi connectivity index (χ1v) is 9.86. The third-order valence-electron chi connectivity index (χ3n) is 6.18. The molecule has 6 nitrogen and oxygen atoms in total.